The van der Waals surface area contributed by atoms with Crippen molar-refractivity contribution in [3.8, 4) is 0 Å². The first kappa shape index (κ1) is 13.3. The Morgan fingerprint density at radius 3 is 2.56 bits per heavy atom. The van der Waals surface area contributed by atoms with E-state index in [-0.39, 0.29) is 6.09 Å². The van der Waals surface area contributed by atoms with Gasteiger partial charge in [-0.2, -0.15) is 0 Å². The molecule has 0 aromatic carbocycles. The molecule has 0 aromatic rings. The topological polar surface area (TPSA) is 46.2 Å². The summed E-state index contributed by atoms with van der Waals surface area (Å²) in [5.74, 6) is 0.476. The van der Waals surface area contributed by atoms with Gasteiger partial charge in [-0.15, -0.1) is 0 Å². The summed E-state index contributed by atoms with van der Waals surface area (Å²) in [6.45, 7) is 12.8. The van der Waals surface area contributed by atoms with Crippen LogP contribution in [0.4, 0.5) is 4.79 Å². The lowest BCUT2D eigenvalue weighted by atomic mass is 10.0. The number of quaternary nitrogens is 1. The maximum Gasteiger partial charge on any atom is 0.410 e. The number of amides is 1. The highest BCUT2D eigenvalue weighted by Crippen LogP contribution is 2.16. The standard InChI is InChI=1S/C12H24N2O2/c1-9(2)10-8-13-6-7-14(10)11(15)16-12(3,4)5/h9-10,13H,6-8H2,1-5H3/p+1/t10-/m1/s1. The fraction of sp³-hybridized carbons (Fsp3) is 0.917. The van der Waals surface area contributed by atoms with E-state index in [9.17, 15) is 4.79 Å². The summed E-state index contributed by atoms with van der Waals surface area (Å²) in [6.07, 6.45) is -0.167. The van der Waals surface area contributed by atoms with Crippen LogP contribution in [0.5, 0.6) is 0 Å². The van der Waals surface area contributed by atoms with Gasteiger partial charge in [-0.1, -0.05) is 13.8 Å². The molecule has 4 heteroatoms. The molecule has 1 heterocycles. The number of hydrogen-bond acceptors (Lipinski definition) is 2. The molecule has 1 aliphatic rings. The van der Waals surface area contributed by atoms with Gasteiger partial charge in [0.2, 0.25) is 0 Å². The van der Waals surface area contributed by atoms with E-state index in [0.29, 0.717) is 12.0 Å². The van der Waals surface area contributed by atoms with Gasteiger partial charge in [0.15, 0.2) is 0 Å². The number of nitrogens with two attached hydrogens (primary N) is 1. The van der Waals surface area contributed by atoms with Gasteiger partial charge in [-0.05, 0) is 26.7 Å². The third-order valence-corrected chi connectivity index (χ3v) is 2.78. The molecule has 1 amide bonds. The first-order chi connectivity index (χ1) is 7.31. The molecule has 1 fully saturated rings. The van der Waals surface area contributed by atoms with Crippen LogP contribution in [0.15, 0.2) is 0 Å². The van der Waals surface area contributed by atoms with Crippen molar-refractivity contribution in [3.05, 3.63) is 0 Å². The van der Waals surface area contributed by atoms with Crippen molar-refractivity contribution in [2.75, 3.05) is 19.6 Å². The maximum absolute atomic E-state index is 12.0. The molecule has 0 aromatic heterocycles. The van der Waals surface area contributed by atoms with E-state index >= 15 is 0 Å². The molecule has 94 valence electrons. The molecule has 1 aliphatic heterocycles. The van der Waals surface area contributed by atoms with Crippen LogP contribution >= 0.6 is 0 Å². The molecule has 0 radical (unpaired) electrons. The molecular weight excluding hydrogens is 204 g/mol. The predicted octanol–water partition coefficient (Wildman–Crippen LogP) is 0.825. The zero-order chi connectivity index (χ0) is 12.3. The van der Waals surface area contributed by atoms with Crippen molar-refractivity contribution in [3.63, 3.8) is 0 Å². The van der Waals surface area contributed by atoms with Crippen molar-refractivity contribution in [2.24, 2.45) is 5.92 Å². The summed E-state index contributed by atoms with van der Waals surface area (Å²) in [5.41, 5.74) is -0.403. The minimum atomic E-state index is -0.403. The van der Waals surface area contributed by atoms with Crippen LogP contribution in [-0.4, -0.2) is 42.3 Å². The Hall–Kier alpha value is -0.770. The van der Waals surface area contributed by atoms with Gasteiger partial charge in [0.25, 0.3) is 0 Å². The van der Waals surface area contributed by atoms with Crippen LogP contribution in [0.1, 0.15) is 34.6 Å². The highest BCUT2D eigenvalue weighted by molar-refractivity contribution is 5.68. The van der Waals surface area contributed by atoms with Crippen LogP contribution in [0, 0.1) is 5.92 Å². The van der Waals surface area contributed by atoms with Crippen LogP contribution < -0.4 is 5.32 Å². The monoisotopic (exact) mass is 229 g/mol. The lowest BCUT2D eigenvalue weighted by molar-refractivity contribution is -0.668. The van der Waals surface area contributed by atoms with Gasteiger partial charge >= 0.3 is 6.09 Å². The number of nitrogens with zero attached hydrogens (tertiary/aromatic N) is 1. The largest absolute Gasteiger partial charge is 0.444 e. The van der Waals surface area contributed by atoms with E-state index in [2.05, 4.69) is 19.2 Å². The van der Waals surface area contributed by atoms with E-state index in [1.807, 2.05) is 25.7 Å². The smallest absolute Gasteiger partial charge is 0.410 e. The Kier molecular flexibility index (Phi) is 4.19. The number of carbonyl (C=O) groups is 1. The zero-order valence-electron chi connectivity index (χ0n) is 11.1. The summed E-state index contributed by atoms with van der Waals surface area (Å²) >= 11 is 0. The lowest BCUT2D eigenvalue weighted by Crippen LogP contribution is -2.92. The third-order valence-electron chi connectivity index (χ3n) is 2.78. The van der Waals surface area contributed by atoms with Crippen LogP contribution in [0.2, 0.25) is 0 Å². The molecular formula is C12H25N2O2+. The molecule has 1 atom stereocenters. The van der Waals surface area contributed by atoms with Crippen molar-refractivity contribution < 1.29 is 14.8 Å². The molecule has 1 rings (SSSR count). The molecule has 0 bridgehead atoms. The van der Waals surface area contributed by atoms with E-state index in [1.54, 1.807) is 0 Å². The van der Waals surface area contributed by atoms with Gasteiger partial charge in [0.1, 0.15) is 5.60 Å². The summed E-state index contributed by atoms with van der Waals surface area (Å²) in [4.78, 5) is 13.9. The lowest BCUT2D eigenvalue weighted by Gasteiger charge is -2.37. The highest BCUT2D eigenvalue weighted by atomic mass is 16.6. The average Bonchev–Trinajstić information content (AvgIpc) is 2.15. The van der Waals surface area contributed by atoms with Crippen LogP contribution in [0.25, 0.3) is 0 Å². The van der Waals surface area contributed by atoms with E-state index < -0.39 is 5.60 Å². The van der Waals surface area contributed by atoms with Gasteiger partial charge in [0.05, 0.1) is 25.7 Å². The van der Waals surface area contributed by atoms with Crippen LogP contribution in [-0.2, 0) is 4.74 Å². The summed E-state index contributed by atoms with van der Waals surface area (Å²) in [6, 6.07) is 0.295. The SMILES string of the molecule is CC(C)[C@H]1C[NH2+]CCN1C(=O)OC(C)(C)C. The molecule has 0 unspecified atom stereocenters. The number of rotatable bonds is 1. The molecule has 16 heavy (non-hydrogen) atoms. The number of hydrogen-bond donors (Lipinski definition) is 1. The van der Waals surface area contributed by atoms with Gasteiger partial charge in [0, 0.05) is 0 Å². The zero-order valence-corrected chi connectivity index (χ0v) is 11.1. The average molecular weight is 229 g/mol. The van der Waals surface area contributed by atoms with Crippen LogP contribution in [0.3, 0.4) is 0 Å². The van der Waals surface area contributed by atoms with Crippen molar-refractivity contribution in [2.45, 2.75) is 46.3 Å². The second-order valence-electron chi connectivity index (χ2n) is 5.80. The van der Waals surface area contributed by atoms with Crippen molar-refractivity contribution in [1.82, 2.24) is 4.90 Å². The number of ether oxygens (including phenoxy) is 1. The summed E-state index contributed by atoms with van der Waals surface area (Å²) < 4.78 is 5.43. The third kappa shape index (κ3) is 3.67. The minimum Gasteiger partial charge on any atom is -0.444 e. The highest BCUT2D eigenvalue weighted by Gasteiger charge is 2.33. The Labute approximate surface area is 98.3 Å². The molecule has 4 nitrogen and oxygen atoms in total. The second-order valence-corrected chi connectivity index (χ2v) is 5.80. The normalized spacial score (nSPS) is 22.4. The first-order valence-corrected chi connectivity index (χ1v) is 6.12. The van der Waals surface area contributed by atoms with E-state index in [1.165, 1.54) is 0 Å². The minimum absolute atomic E-state index is 0.167. The van der Waals surface area contributed by atoms with Gasteiger partial charge in [-0.25, -0.2) is 4.79 Å². The van der Waals surface area contributed by atoms with Gasteiger partial charge < -0.3 is 10.1 Å². The molecule has 0 saturated carbocycles. The first-order valence-electron chi connectivity index (χ1n) is 6.12. The Morgan fingerprint density at radius 1 is 1.44 bits per heavy atom. The Balaban J connectivity index is 2.64. The molecule has 0 spiro atoms. The Morgan fingerprint density at radius 2 is 2.06 bits per heavy atom. The predicted molar refractivity (Wildman–Crippen MR) is 63.2 cm³/mol. The van der Waals surface area contributed by atoms with E-state index in [4.69, 9.17) is 4.74 Å². The second kappa shape index (κ2) is 5.04. The molecule has 2 N–H and O–H groups in total. The molecule has 0 aliphatic carbocycles. The van der Waals surface area contributed by atoms with E-state index in [0.717, 1.165) is 19.6 Å². The quantitative estimate of drug-likeness (QED) is 0.724. The number of piperazine rings is 1. The summed E-state index contributed by atoms with van der Waals surface area (Å²) in [5, 5.41) is 2.27. The molecule has 1 saturated heterocycles. The van der Waals surface area contributed by atoms with Crippen molar-refractivity contribution in [1.29, 1.82) is 0 Å². The summed E-state index contributed by atoms with van der Waals surface area (Å²) in [7, 11) is 0. The van der Waals surface area contributed by atoms with Gasteiger partial charge in [-0.3, -0.25) is 4.90 Å². The fourth-order valence-corrected chi connectivity index (χ4v) is 1.99. The van der Waals surface area contributed by atoms with Crippen molar-refractivity contribution >= 4 is 6.09 Å². The fourth-order valence-electron chi connectivity index (χ4n) is 1.99. The maximum atomic E-state index is 12.0. The Bertz CT molecular complexity index is 246. The number of carbonyl (C=O) groups excluding carboxylic acids is 1.